The topological polar surface area (TPSA) is 0 Å². The molecule has 1 unspecified atom stereocenters. The largest absolute Gasteiger partial charge is 0.0625 e. The fraction of sp³-hybridized carbons (Fsp3) is 1.00. The highest BCUT2D eigenvalue weighted by atomic mass is 14.6. The second-order valence-corrected chi connectivity index (χ2v) is 9.09. The smallest absolute Gasteiger partial charge is 0.0256 e. The summed E-state index contributed by atoms with van der Waals surface area (Å²) >= 11 is 0. The zero-order chi connectivity index (χ0) is 13.0. The molecular weight excluding hydrogens is 228 g/mol. The Morgan fingerprint density at radius 2 is 1.26 bits per heavy atom. The first-order valence-corrected chi connectivity index (χ1v) is 9.16. The van der Waals surface area contributed by atoms with Crippen LogP contribution in [-0.4, -0.2) is 0 Å². The van der Waals surface area contributed by atoms with Crippen LogP contribution in [0.4, 0.5) is 0 Å². The molecule has 0 aromatic rings. The van der Waals surface area contributed by atoms with Crippen LogP contribution >= 0.6 is 0 Å². The van der Waals surface area contributed by atoms with E-state index in [2.05, 4.69) is 13.8 Å². The van der Waals surface area contributed by atoms with Crippen LogP contribution in [0.15, 0.2) is 0 Å². The van der Waals surface area contributed by atoms with Crippen LogP contribution in [0.5, 0.6) is 0 Å². The number of hydrogen-bond donors (Lipinski definition) is 0. The molecule has 0 heterocycles. The predicted octanol–water partition coefficient (Wildman–Crippen LogP) is 5.67. The van der Waals surface area contributed by atoms with Gasteiger partial charge in [-0.2, -0.15) is 0 Å². The monoisotopic (exact) mass is 260 g/mol. The molecule has 1 atom stereocenters. The molecule has 0 heteroatoms. The van der Waals surface area contributed by atoms with Crippen molar-refractivity contribution in [2.75, 3.05) is 0 Å². The van der Waals surface area contributed by atoms with Crippen molar-refractivity contribution in [1.29, 1.82) is 0 Å². The van der Waals surface area contributed by atoms with Crippen molar-refractivity contribution in [3.8, 4) is 0 Å². The molecule has 5 saturated carbocycles. The molecule has 0 N–H and O–H groups in total. The van der Waals surface area contributed by atoms with Crippen molar-refractivity contribution in [2.24, 2.45) is 40.9 Å². The second kappa shape index (κ2) is 4.50. The van der Waals surface area contributed by atoms with E-state index in [0.29, 0.717) is 0 Å². The van der Waals surface area contributed by atoms with E-state index < -0.39 is 0 Å². The predicted molar refractivity (Wildman–Crippen MR) is 80.9 cm³/mol. The van der Waals surface area contributed by atoms with Gasteiger partial charge in [0.05, 0.1) is 0 Å². The van der Waals surface area contributed by atoms with Gasteiger partial charge in [0.1, 0.15) is 0 Å². The third-order valence-electron chi connectivity index (χ3n) is 7.42. The lowest BCUT2D eigenvalue weighted by atomic mass is 9.44. The summed E-state index contributed by atoms with van der Waals surface area (Å²) in [6, 6.07) is 0. The highest BCUT2D eigenvalue weighted by molar-refractivity contribution is 5.06. The highest BCUT2D eigenvalue weighted by Crippen LogP contribution is 2.65. The molecule has 0 aromatic heterocycles. The fourth-order valence-corrected chi connectivity index (χ4v) is 7.65. The maximum absolute atomic E-state index is 2.54. The molecule has 108 valence electrons. The zero-order valence-electron chi connectivity index (χ0n) is 13.0. The highest BCUT2D eigenvalue weighted by Gasteiger charge is 2.55. The van der Waals surface area contributed by atoms with E-state index in [1.807, 2.05) is 0 Å². The number of hydrogen-bond acceptors (Lipinski definition) is 0. The summed E-state index contributed by atoms with van der Waals surface area (Å²) in [6.07, 6.45) is 15.9. The third-order valence-corrected chi connectivity index (χ3v) is 7.42. The lowest BCUT2D eigenvalue weighted by Crippen LogP contribution is -2.52. The Labute approximate surface area is 119 Å². The molecule has 0 spiro atoms. The molecule has 0 nitrogen and oxygen atoms in total. The fourth-order valence-electron chi connectivity index (χ4n) is 7.65. The summed E-state index contributed by atoms with van der Waals surface area (Å²) in [5, 5.41) is 0. The molecular formula is C19H32. The van der Waals surface area contributed by atoms with Crippen molar-refractivity contribution in [2.45, 2.75) is 78.1 Å². The maximum atomic E-state index is 2.54. The van der Waals surface area contributed by atoms with E-state index >= 15 is 0 Å². The molecule has 0 amide bonds. The molecule has 0 aromatic carbocycles. The molecule has 5 fully saturated rings. The lowest BCUT2D eigenvalue weighted by molar-refractivity contribution is -0.113. The van der Waals surface area contributed by atoms with Crippen LogP contribution in [0.2, 0.25) is 0 Å². The first kappa shape index (κ1) is 12.7. The average Bonchev–Trinajstić information content (AvgIpc) is 2.79. The Kier molecular flexibility index (Phi) is 3.01. The molecule has 5 aliphatic carbocycles. The van der Waals surface area contributed by atoms with Gasteiger partial charge in [0.2, 0.25) is 0 Å². The Hall–Kier alpha value is 0. The summed E-state index contributed by atoms with van der Waals surface area (Å²) in [6.45, 7) is 5.09. The Balaban J connectivity index is 1.64. The van der Waals surface area contributed by atoms with Crippen molar-refractivity contribution >= 4 is 0 Å². The van der Waals surface area contributed by atoms with Crippen molar-refractivity contribution in [3.63, 3.8) is 0 Å². The lowest BCUT2D eigenvalue weighted by Gasteiger charge is -2.61. The molecule has 0 aliphatic heterocycles. The number of rotatable bonds is 3. The zero-order valence-corrected chi connectivity index (χ0v) is 13.0. The Morgan fingerprint density at radius 3 is 1.68 bits per heavy atom. The molecule has 0 radical (unpaired) electrons. The van der Waals surface area contributed by atoms with Gasteiger partial charge < -0.3 is 0 Å². The first-order valence-electron chi connectivity index (χ1n) is 9.16. The molecule has 5 aliphatic rings. The second-order valence-electron chi connectivity index (χ2n) is 9.09. The molecule has 19 heavy (non-hydrogen) atoms. The van der Waals surface area contributed by atoms with E-state index in [0.717, 1.165) is 40.9 Å². The van der Waals surface area contributed by atoms with Crippen LogP contribution in [0.1, 0.15) is 78.1 Å². The van der Waals surface area contributed by atoms with E-state index in [9.17, 15) is 0 Å². The van der Waals surface area contributed by atoms with Crippen molar-refractivity contribution in [3.05, 3.63) is 0 Å². The van der Waals surface area contributed by atoms with E-state index in [-0.39, 0.29) is 0 Å². The molecule has 5 rings (SSSR count). The minimum atomic E-state index is 0.803. The quantitative estimate of drug-likeness (QED) is 0.613. The van der Waals surface area contributed by atoms with Crippen LogP contribution < -0.4 is 0 Å². The van der Waals surface area contributed by atoms with Gasteiger partial charge in [-0.1, -0.05) is 39.5 Å². The van der Waals surface area contributed by atoms with Gasteiger partial charge in [0.25, 0.3) is 0 Å². The van der Waals surface area contributed by atoms with Gasteiger partial charge >= 0.3 is 0 Å². The Morgan fingerprint density at radius 1 is 0.789 bits per heavy atom. The van der Waals surface area contributed by atoms with Gasteiger partial charge in [-0.05, 0) is 79.4 Å². The summed E-state index contributed by atoms with van der Waals surface area (Å²) in [5.41, 5.74) is 0.803. The summed E-state index contributed by atoms with van der Waals surface area (Å²) in [4.78, 5) is 0. The van der Waals surface area contributed by atoms with Crippen molar-refractivity contribution < 1.29 is 0 Å². The van der Waals surface area contributed by atoms with E-state index in [1.165, 1.54) is 12.8 Å². The van der Waals surface area contributed by atoms with Crippen LogP contribution in [0, 0.1) is 40.9 Å². The van der Waals surface area contributed by atoms with Crippen molar-refractivity contribution in [1.82, 2.24) is 0 Å². The minimum Gasteiger partial charge on any atom is -0.0625 e. The maximum Gasteiger partial charge on any atom is -0.0256 e. The SMILES string of the molecule is CC(C)C(C1CCCC1)C12CC3CC(CC(C3)C1)C2. The normalized spacial score (nSPS) is 47.2. The molecule has 0 saturated heterocycles. The van der Waals surface area contributed by atoms with Crippen LogP contribution in [-0.2, 0) is 0 Å². The van der Waals surface area contributed by atoms with Gasteiger partial charge in [-0.25, -0.2) is 0 Å². The summed E-state index contributed by atoms with van der Waals surface area (Å²) < 4.78 is 0. The standard InChI is InChI=1S/C19H32/c1-13(2)18(17-5-3-4-6-17)19-10-14-7-15(11-19)9-16(8-14)12-19/h13-18H,3-12H2,1-2H3. The van der Waals surface area contributed by atoms with Gasteiger partial charge in [-0.3, -0.25) is 0 Å². The average molecular weight is 260 g/mol. The van der Waals surface area contributed by atoms with Gasteiger partial charge in [0.15, 0.2) is 0 Å². The third kappa shape index (κ3) is 2.00. The van der Waals surface area contributed by atoms with Gasteiger partial charge in [-0.15, -0.1) is 0 Å². The van der Waals surface area contributed by atoms with E-state index in [4.69, 9.17) is 0 Å². The van der Waals surface area contributed by atoms with Gasteiger partial charge in [0, 0.05) is 0 Å². The first-order chi connectivity index (χ1) is 9.16. The summed E-state index contributed by atoms with van der Waals surface area (Å²) in [5.74, 6) is 6.50. The Bertz CT molecular complexity index is 299. The van der Waals surface area contributed by atoms with Crippen LogP contribution in [0.3, 0.4) is 0 Å². The van der Waals surface area contributed by atoms with E-state index in [1.54, 1.807) is 51.4 Å². The van der Waals surface area contributed by atoms with Crippen LogP contribution in [0.25, 0.3) is 0 Å². The summed E-state index contributed by atoms with van der Waals surface area (Å²) in [7, 11) is 0. The minimum absolute atomic E-state index is 0.803. The molecule has 4 bridgehead atoms.